The number of nitriles is 1. The van der Waals surface area contributed by atoms with Gasteiger partial charge in [-0.1, -0.05) is 18.3 Å². The molecule has 1 aromatic carbocycles. The van der Waals surface area contributed by atoms with Gasteiger partial charge in [0.1, 0.15) is 22.5 Å². The first-order valence-corrected chi connectivity index (χ1v) is 12.1. The number of aromatic nitrogens is 3. The largest absolute Gasteiger partial charge is 0.465 e. The van der Waals surface area contributed by atoms with E-state index in [0.29, 0.717) is 63.4 Å². The van der Waals surface area contributed by atoms with Gasteiger partial charge in [0, 0.05) is 31.7 Å². The molecule has 2 N–H and O–H groups in total. The summed E-state index contributed by atoms with van der Waals surface area (Å²) in [5, 5.41) is 27.0. The summed E-state index contributed by atoms with van der Waals surface area (Å²) in [5.41, 5.74) is 3.40. The van der Waals surface area contributed by atoms with Crippen LogP contribution in [0.15, 0.2) is 36.5 Å². The normalized spacial score (nSPS) is 13.7. The number of halogens is 2. The fourth-order valence-electron chi connectivity index (χ4n) is 4.23. The van der Waals surface area contributed by atoms with Crippen LogP contribution in [-0.2, 0) is 6.42 Å². The minimum Gasteiger partial charge on any atom is -0.465 e. The zero-order valence-electron chi connectivity index (χ0n) is 19.2. The number of fused-ring (bicyclic) bond motifs is 1. The number of pyridine rings is 1. The van der Waals surface area contributed by atoms with Gasteiger partial charge < -0.3 is 20.2 Å². The van der Waals surface area contributed by atoms with E-state index in [2.05, 4.69) is 21.5 Å². The zero-order chi connectivity index (χ0) is 25.4. The van der Waals surface area contributed by atoms with Crippen LogP contribution in [0, 0.1) is 23.0 Å². The summed E-state index contributed by atoms with van der Waals surface area (Å²) in [4.78, 5) is 19.3. The number of hydrogen-bond donors (Lipinski definition) is 2. The maximum Gasteiger partial charge on any atom is 0.407 e. The molecule has 1 fully saturated rings. The highest BCUT2D eigenvalue weighted by molar-refractivity contribution is 7.16. The van der Waals surface area contributed by atoms with Crippen molar-refractivity contribution in [2.24, 2.45) is 0 Å². The number of hydrogen-bond acceptors (Lipinski definition) is 7. The number of amides is 1. The Hall–Kier alpha value is -4.24. The SMILES string of the molecule is CCc1nn2cc(F)c(N3CCN(C(=O)O)CC3)cc2c1Nc1nc(-c2ccc(F)cc2)c(C#N)s1. The summed E-state index contributed by atoms with van der Waals surface area (Å²) in [6, 6.07) is 9.61. The molecular weight excluding hydrogens is 488 g/mol. The number of benzene rings is 1. The second-order valence-corrected chi connectivity index (χ2v) is 9.21. The molecule has 36 heavy (non-hydrogen) atoms. The molecule has 0 aliphatic carbocycles. The molecule has 3 aromatic heterocycles. The Labute approximate surface area is 208 Å². The van der Waals surface area contributed by atoms with Crippen LogP contribution in [0.4, 0.5) is 30.1 Å². The summed E-state index contributed by atoms with van der Waals surface area (Å²) in [6.45, 7) is 3.24. The van der Waals surface area contributed by atoms with Crippen LogP contribution in [0.1, 0.15) is 17.5 Å². The first-order valence-electron chi connectivity index (χ1n) is 11.3. The Bertz CT molecular complexity index is 1490. The van der Waals surface area contributed by atoms with Crippen molar-refractivity contribution in [1.82, 2.24) is 19.5 Å². The van der Waals surface area contributed by atoms with Crippen molar-refractivity contribution in [2.45, 2.75) is 13.3 Å². The van der Waals surface area contributed by atoms with E-state index in [4.69, 9.17) is 0 Å². The minimum absolute atomic E-state index is 0.284. The first kappa shape index (κ1) is 23.5. The maximum atomic E-state index is 15.0. The van der Waals surface area contributed by atoms with Crippen LogP contribution in [0.5, 0.6) is 0 Å². The predicted octanol–water partition coefficient (Wildman–Crippen LogP) is 4.71. The van der Waals surface area contributed by atoms with Crippen LogP contribution in [0.3, 0.4) is 0 Å². The van der Waals surface area contributed by atoms with Crippen molar-refractivity contribution < 1.29 is 18.7 Å². The molecule has 1 saturated heterocycles. The topological polar surface area (TPSA) is 110 Å². The quantitative estimate of drug-likeness (QED) is 0.401. The number of rotatable bonds is 5. The molecule has 0 spiro atoms. The molecule has 0 unspecified atom stereocenters. The summed E-state index contributed by atoms with van der Waals surface area (Å²) in [7, 11) is 0. The zero-order valence-corrected chi connectivity index (χ0v) is 20.0. The minimum atomic E-state index is -0.986. The van der Waals surface area contributed by atoms with Crippen molar-refractivity contribution in [1.29, 1.82) is 5.26 Å². The lowest BCUT2D eigenvalue weighted by atomic mass is 10.1. The number of anilines is 3. The molecule has 0 bridgehead atoms. The highest BCUT2D eigenvalue weighted by Crippen LogP contribution is 2.36. The lowest BCUT2D eigenvalue weighted by molar-refractivity contribution is 0.142. The third-order valence-electron chi connectivity index (χ3n) is 6.08. The number of nitrogens with zero attached hydrogens (tertiary/aromatic N) is 6. The Morgan fingerprint density at radius 2 is 1.94 bits per heavy atom. The monoisotopic (exact) mass is 509 g/mol. The van der Waals surface area contributed by atoms with E-state index in [9.17, 15) is 19.6 Å². The lowest BCUT2D eigenvalue weighted by Crippen LogP contribution is -2.48. The summed E-state index contributed by atoms with van der Waals surface area (Å²) < 4.78 is 29.9. The van der Waals surface area contributed by atoms with E-state index in [1.807, 2.05) is 11.8 Å². The summed E-state index contributed by atoms with van der Waals surface area (Å²) >= 11 is 1.16. The number of thiazole rings is 1. The van der Waals surface area contributed by atoms with E-state index in [1.165, 1.54) is 27.7 Å². The van der Waals surface area contributed by atoms with Gasteiger partial charge in [-0.05, 0) is 36.8 Å². The molecule has 9 nitrogen and oxygen atoms in total. The van der Waals surface area contributed by atoms with E-state index in [1.54, 1.807) is 18.2 Å². The van der Waals surface area contributed by atoms with Gasteiger partial charge in [0.15, 0.2) is 10.9 Å². The van der Waals surface area contributed by atoms with Crippen molar-refractivity contribution in [3.63, 3.8) is 0 Å². The molecule has 0 saturated carbocycles. The molecule has 0 radical (unpaired) electrons. The number of aryl methyl sites for hydroxylation is 1. The molecule has 184 valence electrons. The smallest absolute Gasteiger partial charge is 0.407 e. The van der Waals surface area contributed by atoms with Gasteiger partial charge in [-0.25, -0.2) is 23.1 Å². The van der Waals surface area contributed by atoms with Gasteiger partial charge in [-0.2, -0.15) is 10.4 Å². The fourth-order valence-corrected chi connectivity index (χ4v) is 5.02. The summed E-state index contributed by atoms with van der Waals surface area (Å²) in [6.07, 6.45) is 0.894. The van der Waals surface area contributed by atoms with Gasteiger partial charge in [-0.3, -0.25) is 0 Å². The highest BCUT2D eigenvalue weighted by Gasteiger charge is 2.24. The van der Waals surface area contributed by atoms with Gasteiger partial charge >= 0.3 is 6.09 Å². The second kappa shape index (κ2) is 9.43. The average Bonchev–Trinajstić information content (AvgIpc) is 3.44. The van der Waals surface area contributed by atoms with Crippen LogP contribution >= 0.6 is 11.3 Å². The number of piperazine rings is 1. The van der Waals surface area contributed by atoms with E-state index in [0.717, 1.165) is 11.3 Å². The Balaban J connectivity index is 1.50. The number of carboxylic acid groups (broad SMARTS) is 1. The molecular formula is C24H21F2N7O2S. The van der Waals surface area contributed by atoms with Crippen LogP contribution in [0.2, 0.25) is 0 Å². The first-order chi connectivity index (χ1) is 17.4. The molecule has 4 aromatic rings. The molecule has 12 heteroatoms. The molecule has 1 amide bonds. The van der Waals surface area contributed by atoms with Gasteiger partial charge in [-0.15, -0.1) is 0 Å². The average molecular weight is 510 g/mol. The third kappa shape index (κ3) is 4.29. The molecule has 4 heterocycles. The van der Waals surface area contributed by atoms with Gasteiger partial charge in [0.25, 0.3) is 0 Å². The van der Waals surface area contributed by atoms with Crippen molar-refractivity contribution in [2.75, 3.05) is 36.4 Å². The predicted molar refractivity (Wildman–Crippen MR) is 132 cm³/mol. The lowest BCUT2D eigenvalue weighted by Gasteiger charge is -2.34. The van der Waals surface area contributed by atoms with Crippen LogP contribution < -0.4 is 10.2 Å². The maximum absolute atomic E-state index is 15.0. The van der Waals surface area contributed by atoms with E-state index >= 15 is 4.39 Å². The third-order valence-corrected chi connectivity index (χ3v) is 6.95. The Morgan fingerprint density at radius 3 is 2.58 bits per heavy atom. The van der Waals surface area contributed by atoms with E-state index in [-0.39, 0.29) is 18.9 Å². The highest BCUT2D eigenvalue weighted by atomic mass is 32.1. The Kier molecular flexibility index (Phi) is 6.15. The van der Waals surface area contributed by atoms with E-state index < -0.39 is 11.9 Å². The van der Waals surface area contributed by atoms with Gasteiger partial charge in [0.05, 0.1) is 28.8 Å². The Morgan fingerprint density at radius 1 is 1.22 bits per heavy atom. The van der Waals surface area contributed by atoms with Gasteiger partial charge in [0.2, 0.25) is 0 Å². The van der Waals surface area contributed by atoms with Crippen molar-refractivity contribution in [3.05, 3.63) is 58.7 Å². The molecule has 1 aliphatic rings. The molecule has 5 rings (SSSR count). The number of carbonyl (C=O) groups is 1. The standard InChI is InChI=1S/C24H21F2N7O2S/c1-2-17-22(29-23-28-21(20(12-27)36-23)14-3-5-15(25)6-4-14)19-11-18(16(26)13-33(19)30-17)31-7-9-32(10-8-31)24(34)35/h3-6,11,13H,2,7-10H2,1H3,(H,28,29)(H,34,35). The second-order valence-electron chi connectivity index (χ2n) is 8.21. The molecule has 1 aliphatic heterocycles. The summed E-state index contributed by atoms with van der Waals surface area (Å²) in [5.74, 6) is -0.834. The van der Waals surface area contributed by atoms with Crippen LogP contribution in [0.25, 0.3) is 16.8 Å². The number of nitrogens with one attached hydrogen (secondary N) is 1. The molecule has 0 atom stereocenters. The van der Waals surface area contributed by atoms with Crippen molar-refractivity contribution in [3.8, 4) is 17.3 Å². The van der Waals surface area contributed by atoms with Crippen LogP contribution in [-0.4, -0.2) is 56.9 Å². The fraction of sp³-hybridized carbons (Fsp3) is 0.250. The van der Waals surface area contributed by atoms with Crippen molar-refractivity contribution >= 4 is 39.5 Å².